The van der Waals surface area contributed by atoms with Crippen LogP contribution in [0.4, 0.5) is 0 Å². The summed E-state index contributed by atoms with van der Waals surface area (Å²) < 4.78 is 5.95. The van der Waals surface area contributed by atoms with Crippen LogP contribution in [0.25, 0.3) is 0 Å². The van der Waals surface area contributed by atoms with Gasteiger partial charge in [-0.25, -0.2) is 0 Å². The molecule has 3 heteroatoms. The Morgan fingerprint density at radius 1 is 1.26 bits per heavy atom. The van der Waals surface area contributed by atoms with Gasteiger partial charge < -0.3 is 9.64 Å². The summed E-state index contributed by atoms with van der Waals surface area (Å²) in [5, 5.41) is 0. The zero-order chi connectivity index (χ0) is 19.9. The zero-order valence-corrected chi connectivity index (χ0v) is 17.4. The maximum atomic E-state index is 12.7. The number of ether oxygens (including phenoxy) is 1. The molecule has 1 aliphatic carbocycles. The van der Waals surface area contributed by atoms with Crippen molar-refractivity contribution >= 4 is 5.91 Å². The Labute approximate surface area is 164 Å². The first-order chi connectivity index (χ1) is 12.7. The molecule has 1 aromatic carbocycles. The summed E-state index contributed by atoms with van der Waals surface area (Å²) in [6, 6.07) is 10.1. The summed E-state index contributed by atoms with van der Waals surface area (Å²) in [5.74, 6) is 1.44. The number of allylic oxidation sites excluding steroid dienone is 4. The molecule has 0 heterocycles. The van der Waals surface area contributed by atoms with E-state index in [0.717, 1.165) is 17.7 Å². The molecule has 0 saturated heterocycles. The summed E-state index contributed by atoms with van der Waals surface area (Å²) in [6.45, 7) is 12.2. The minimum Gasteiger partial charge on any atom is -0.492 e. The second kappa shape index (κ2) is 9.59. The first-order valence-corrected chi connectivity index (χ1v) is 9.77. The van der Waals surface area contributed by atoms with E-state index in [4.69, 9.17) is 4.74 Å². The second-order valence-corrected chi connectivity index (χ2v) is 8.53. The van der Waals surface area contributed by atoms with E-state index in [1.165, 1.54) is 5.57 Å². The van der Waals surface area contributed by atoms with Gasteiger partial charge in [-0.05, 0) is 48.5 Å². The Hall–Kier alpha value is -2.29. The van der Waals surface area contributed by atoms with Gasteiger partial charge in [-0.1, -0.05) is 69.7 Å². The standard InChI is InChI=1S/C24H33NO2/c1-19-15-20(2)17-22(16-19)27-14-13-25(18-21-9-7-6-8-10-21)23(26)11-12-24(3,4)5/h6-12,16-17,19H,13-15,18H2,1-5H3/b12-11-. The maximum absolute atomic E-state index is 12.7. The SMILES string of the molecule is CC1=CC(OCCN(Cc2ccccc2)C(=O)/C=C\C(C)(C)C)=CC(C)C1. The highest BCUT2D eigenvalue weighted by molar-refractivity contribution is 5.87. The average molecular weight is 368 g/mol. The molecule has 0 N–H and O–H groups in total. The molecule has 27 heavy (non-hydrogen) atoms. The minimum atomic E-state index is -0.0179. The molecule has 0 saturated carbocycles. The molecule has 0 aliphatic heterocycles. The molecule has 0 spiro atoms. The van der Waals surface area contributed by atoms with Crippen molar-refractivity contribution in [1.29, 1.82) is 0 Å². The van der Waals surface area contributed by atoms with Crippen molar-refractivity contribution in [2.45, 2.75) is 47.6 Å². The average Bonchev–Trinajstić information content (AvgIpc) is 2.58. The first-order valence-electron chi connectivity index (χ1n) is 9.77. The van der Waals surface area contributed by atoms with E-state index in [1.54, 1.807) is 6.08 Å². The third-order valence-corrected chi connectivity index (χ3v) is 4.37. The van der Waals surface area contributed by atoms with Gasteiger partial charge in [0.05, 0.1) is 6.54 Å². The smallest absolute Gasteiger partial charge is 0.246 e. The van der Waals surface area contributed by atoms with Gasteiger partial charge in [-0.15, -0.1) is 0 Å². The molecule has 3 nitrogen and oxygen atoms in total. The van der Waals surface area contributed by atoms with Crippen molar-refractivity contribution in [3.63, 3.8) is 0 Å². The number of hydrogen-bond acceptors (Lipinski definition) is 2. The minimum absolute atomic E-state index is 0.0179. The van der Waals surface area contributed by atoms with Crippen LogP contribution in [0.15, 0.2) is 66.0 Å². The van der Waals surface area contributed by atoms with Crippen LogP contribution in [-0.4, -0.2) is 24.0 Å². The van der Waals surface area contributed by atoms with Crippen molar-refractivity contribution in [2.75, 3.05) is 13.2 Å². The van der Waals surface area contributed by atoms with Crippen molar-refractivity contribution in [2.24, 2.45) is 11.3 Å². The predicted molar refractivity (Wildman–Crippen MR) is 112 cm³/mol. The third-order valence-electron chi connectivity index (χ3n) is 4.37. The van der Waals surface area contributed by atoms with Crippen molar-refractivity contribution in [3.05, 3.63) is 71.5 Å². The number of hydrogen-bond donors (Lipinski definition) is 0. The van der Waals surface area contributed by atoms with Crippen LogP contribution in [0.2, 0.25) is 0 Å². The lowest BCUT2D eigenvalue weighted by Crippen LogP contribution is -2.32. The molecule has 1 aromatic rings. The van der Waals surface area contributed by atoms with Crippen LogP contribution in [-0.2, 0) is 16.1 Å². The molecule has 0 fully saturated rings. The lowest BCUT2D eigenvalue weighted by atomic mass is 9.96. The summed E-state index contributed by atoms with van der Waals surface area (Å²) in [5.41, 5.74) is 2.44. The topological polar surface area (TPSA) is 29.5 Å². The summed E-state index contributed by atoms with van der Waals surface area (Å²) in [4.78, 5) is 14.6. The quantitative estimate of drug-likeness (QED) is 0.595. The predicted octanol–water partition coefficient (Wildman–Crippen LogP) is 5.50. The second-order valence-electron chi connectivity index (χ2n) is 8.53. The Balaban J connectivity index is 2.01. The summed E-state index contributed by atoms with van der Waals surface area (Å²) in [7, 11) is 0. The Morgan fingerprint density at radius 3 is 2.59 bits per heavy atom. The Bertz CT molecular complexity index is 708. The fourth-order valence-electron chi connectivity index (χ4n) is 3.06. The first kappa shape index (κ1) is 21.0. The van der Waals surface area contributed by atoms with Gasteiger partial charge in [0.1, 0.15) is 12.4 Å². The Kier molecular flexibility index (Phi) is 7.46. The number of benzene rings is 1. The molecule has 0 aromatic heterocycles. The van der Waals surface area contributed by atoms with E-state index in [0.29, 0.717) is 25.6 Å². The van der Waals surface area contributed by atoms with Crippen molar-refractivity contribution in [3.8, 4) is 0 Å². The third kappa shape index (κ3) is 7.86. The highest BCUT2D eigenvalue weighted by atomic mass is 16.5. The molecule has 1 unspecified atom stereocenters. The number of carbonyl (C=O) groups is 1. The van der Waals surface area contributed by atoms with E-state index in [-0.39, 0.29) is 11.3 Å². The number of rotatable bonds is 7. The van der Waals surface area contributed by atoms with E-state index >= 15 is 0 Å². The molecule has 1 aliphatic rings. The van der Waals surface area contributed by atoms with Crippen molar-refractivity contribution < 1.29 is 9.53 Å². The van der Waals surface area contributed by atoms with Crippen LogP contribution in [0.5, 0.6) is 0 Å². The van der Waals surface area contributed by atoms with Gasteiger partial charge in [-0.2, -0.15) is 0 Å². The zero-order valence-electron chi connectivity index (χ0n) is 17.4. The van der Waals surface area contributed by atoms with Crippen LogP contribution >= 0.6 is 0 Å². The molecule has 1 amide bonds. The highest BCUT2D eigenvalue weighted by Crippen LogP contribution is 2.22. The normalized spacial score (nSPS) is 17.4. The van der Waals surface area contributed by atoms with Crippen LogP contribution in [0.3, 0.4) is 0 Å². The molecule has 2 rings (SSSR count). The molecule has 146 valence electrons. The fraction of sp³-hybridized carbons (Fsp3) is 0.458. The van der Waals surface area contributed by atoms with E-state index in [2.05, 4.69) is 46.8 Å². The van der Waals surface area contributed by atoms with Crippen molar-refractivity contribution in [1.82, 2.24) is 4.90 Å². The lowest BCUT2D eigenvalue weighted by Gasteiger charge is -2.23. The molecule has 0 bridgehead atoms. The lowest BCUT2D eigenvalue weighted by molar-refractivity contribution is -0.127. The molecule has 0 radical (unpaired) electrons. The summed E-state index contributed by atoms with van der Waals surface area (Å²) in [6.07, 6.45) is 9.00. The largest absolute Gasteiger partial charge is 0.492 e. The maximum Gasteiger partial charge on any atom is 0.246 e. The fourth-order valence-corrected chi connectivity index (χ4v) is 3.06. The van der Waals surface area contributed by atoms with E-state index in [1.807, 2.05) is 41.3 Å². The van der Waals surface area contributed by atoms with Crippen LogP contribution in [0, 0.1) is 11.3 Å². The molecule has 1 atom stereocenters. The molecular weight excluding hydrogens is 334 g/mol. The molecular formula is C24H33NO2. The monoisotopic (exact) mass is 367 g/mol. The van der Waals surface area contributed by atoms with Gasteiger partial charge in [0, 0.05) is 6.54 Å². The van der Waals surface area contributed by atoms with Gasteiger partial charge in [0.2, 0.25) is 5.91 Å². The number of carbonyl (C=O) groups excluding carboxylic acids is 1. The van der Waals surface area contributed by atoms with Gasteiger partial charge in [-0.3, -0.25) is 4.79 Å². The Morgan fingerprint density at radius 2 is 1.96 bits per heavy atom. The van der Waals surface area contributed by atoms with Crippen LogP contribution in [0.1, 0.15) is 46.6 Å². The number of amides is 1. The highest BCUT2D eigenvalue weighted by Gasteiger charge is 2.15. The van der Waals surface area contributed by atoms with Crippen LogP contribution < -0.4 is 0 Å². The van der Waals surface area contributed by atoms with Gasteiger partial charge >= 0.3 is 0 Å². The summed E-state index contributed by atoms with van der Waals surface area (Å²) >= 11 is 0. The number of nitrogens with zero attached hydrogens (tertiary/aromatic N) is 1. The van der Waals surface area contributed by atoms with Gasteiger partial charge in [0.15, 0.2) is 0 Å². The van der Waals surface area contributed by atoms with Gasteiger partial charge in [0.25, 0.3) is 0 Å². The van der Waals surface area contributed by atoms with E-state index in [9.17, 15) is 4.79 Å². The van der Waals surface area contributed by atoms with E-state index < -0.39 is 0 Å².